The van der Waals surface area contributed by atoms with Crippen molar-refractivity contribution in [2.24, 2.45) is 5.41 Å². The molecule has 18 heavy (non-hydrogen) atoms. The predicted molar refractivity (Wildman–Crippen MR) is 73.3 cm³/mol. The zero-order chi connectivity index (χ0) is 13.2. The third-order valence-electron chi connectivity index (χ3n) is 2.83. The monoisotopic (exact) mass is 246 g/mol. The van der Waals surface area contributed by atoms with Crippen LogP contribution in [0.4, 0.5) is 0 Å². The predicted octanol–water partition coefficient (Wildman–Crippen LogP) is 3.34. The van der Waals surface area contributed by atoms with E-state index < -0.39 is 0 Å². The average molecular weight is 246 g/mol. The summed E-state index contributed by atoms with van der Waals surface area (Å²) in [5, 5.41) is 7.24. The van der Waals surface area contributed by atoms with Crippen molar-refractivity contribution in [2.75, 3.05) is 0 Å². The number of H-pyrrole nitrogens is 2. The first-order valence-corrected chi connectivity index (χ1v) is 6.56. The number of hydrogen-bond acceptors (Lipinski definition) is 2. The molecule has 0 fully saturated rings. The van der Waals surface area contributed by atoms with Gasteiger partial charge in [0.1, 0.15) is 5.82 Å². The highest BCUT2D eigenvalue weighted by molar-refractivity contribution is 5.57. The molecule has 0 atom stereocenters. The standard InChI is InChI=1S/C14H22N4/c1-5-6-10-8-15-13(17-10)11-9-16-18-12(11)7-14(2,3)4/h8-9H,5-7H2,1-4H3,(H,15,17)(H,16,18). The number of imidazole rings is 1. The van der Waals surface area contributed by atoms with Gasteiger partial charge in [0, 0.05) is 17.6 Å². The summed E-state index contributed by atoms with van der Waals surface area (Å²) < 4.78 is 0. The third kappa shape index (κ3) is 3.00. The van der Waals surface area contributed by atoms with Gasteiger partial charge in [-0.05, 0) is 18.3 Å². The SMILES string of the molecule is CCCc1cnc(-c2cn[nH]c2CC(C)(C)C)[nH]1. The Bertz CT molecular complexity index is 502. The summed E-state index contributed by atoms with van der Waals surface area (Å²) in [6.07, 6.45) is 6.91. The summed E-state index contributed by atoms with van der Waals surface area (Å²) >= 11 is 0. The molecule has 0 aliphatic heterocycles. The summed E-state index contributed by atoms with van der Waals surface area (Å²) in [6, 6.07) is 0. The topological polar surface area (TPSA) is 57.4 Å². The van der Waals surface area contributed by atoms with E-state index in [2.05, 4.69) is 47.9 Å². The molecule has 0 radical (unpaired) electrons. The molecule has 98 valence electrons. The van der Waals surface area contributed by atoms with Crippen LogP contribution < -0.4 is 0 Å². The molecule has 2 heterocycles. The van der Waals surface area contributed by atoms with Gasteiger partial charge in [0.05, 0.1) is 11.8 Å². The molecule has 0 spiro atoms. The van der Waals surface area contributed by atoms with Crippen LogP contribution in [0.5, 0.6) is 0 Å². The molecule has 2 N–H and O–H groups in total. The van der Waals surface area contributed by atoms with E-state index in [4.69, 9.17) is 0 Å². The van der Waals surface area contributed by atoms with Gasteiger partial charge in [-0.25, -0.2) is 4.98 Å². The van der Waals surface area contributed by atoms with Gasteiger partial charge in [-0.15, -0.1) is 0 Å². The molecule has 4 nitrogen and oxygen atoms in total. The van der Waals surface area contributed by atoms with Crippen LogP contribution in [0.25, 0.3) is 11.4 Å². The van der Waals surface area contributed by atoms with Crippen LogP contribution in [-0.2, 0) is 12.8 Å². The third-order valence-corrected chi connectivity index (χ3v) is 2.83. The molecule has 2 aromatic rings. The van der Waals surface area contributed by atoms with E-state index in [0.29, 0.717) is 0 Å². The number of nitrogens with one attached hydrogen (secondary N) is 2. The Hall–Kier alpha value is -1.58. The summed E-state index contributed by atoms with van der Waals surface area (Å²) in [5.41, 5.74) is 3.67. The number of aromatic amines is 2. The lowest BCUT2D eigenvalue weighted by molar-refractivity contribution is 0.406. The maximum atomic E-state index is 4.45. The molecular weight excluding hydrogens is 224 g/mol. The van der Waals surface area contributed by atoms with Crippen LogP contribution in [0.3, 0.4) is 0 Å². The minimum absolute atomic E-state index is 0.236. The van der Waals surface area contributed by atoms with Gasteiger partial charge < -0.3 is 4.98 Å². The summed E-state index contributed by atoms with van der Waals surface area (Å²) in [6.45, 7) is 8.84. The molecule has 2 aromatic heterocycles. The number of nitrogens with zero attached hydrogens (tertiary/aromatic N) is 2. The number of aryl methyl sites for hydroxylation is 1. The minimum atomic E-state index is 0.236. The Morgan fingerprint density at radius 3 is 2.67 bits per heavy atom. The second-order valence-electron chi connectivity index (χ2n) is 6.01. The van der Waals surface area contributed by atoms with Crippen molar-refractivity contribution < 1.29 is 0 Å². The van der Waals surface area contributed by atoms with E-state index >= 15 is 0 Å². The smallest absolute Gasteiger partial charge is 0.140 e. The average Bonchev–Trinajstić information content (AvgIpc) is 2.85. The lowest BCUT2D eigenvalue weighted by Crippen LogP contribution is -2.10. The van der Waals surface area contributed by atoms with Crippen LogP contribution in [0.2, 0.25) is 0 Å². The van der Waals surface area contributed by atoms with Gasteiger partial charge in [0.15, 0.2) is 0 Å². The molecule has 0 aliphatic rings. The second kappa shape index (κ2) is 4.96. The highest BCUT2D eigenvalue weighted by atomic mass is 15.1. The van der Waals surface area contributed by atoms with Crippen molar-refractivity contribution in [3.8, 4) is 11.4 Å². The van der Waals surface area contributed by atoms with Gasteiger partial charge >= 0.3 is 0 Å². The molecule has 0 aliphatic carbocycles. The zero-order valence-corrected chi connectivity index (χ0v) is 11.7. The lowest BCUT2D eigenvalue weighted by atomic mass is 9.89. The van der Waals surface area contributed by atoms with E-state index in [1.165, 1.54) is 5.69 Å². The molecule has 0 aromatic carbocycles. The minimum Gasteiger partial charge on any atom is -0.342 e. The van der Waals surface area contributed by atoms with Crippen molar-refractivity contribution in [3.05, 3.63) is 23.8 Å². The van der Waals surface area contributed by atoms with E-state index in [-0.39, 0.29) is 5.41 Å². The van der Waals surface area contributed by atoms with Crippen LogP contribution in [0, 0.1) is 5.41 Å². The van der Waals surface area contributed by atoms with E-state index in [9.17, 15) is 0 Å². The molecule has 0 unspecified atom stereocenters. The van der Waals surface area contributed by atoms with Crippen LogP contribution >= 0.6 is 0 Å². The number of hydrogen-bond donors (Lipinski definition) is 2. The number of aromatic nitrogens is 4. The lowest BCUT2D eigenvalue weighted by Gasteiger charge is -2.17. The Morgan fingerprint density at radius 2 is 2.00 bits per heavy atom. The molecule has 0 amide bonds. The summed E-state index contributed by atoms with van der Waals surface area (Å²) in [7, 11) is 0. The summed E-state index contributed by atoms with van der Waals surface area (Å²) in [4.78, 5) is 7.82. The van der Waals surface area contributed by atoms with Gasteiger partial charge in [0.2, 0.25) is 0 Å². The Kier molecular flexibility index (Phi) is 3.55. The fraction of sp³-hybridized carbons (Fsp3) is 0.571. The van der Waals surface area contributed by atoms with Crippen LogP contribution in [0.1, 0.15) is 45.5 Å². The first-order valence-electron chi connectivity index (χ1n) is 6.56. The number of rotatable bonds is 4. The maximum absolute atomic E-state index is 4.45. The van der Waals surface area contributed by atoms with Gasteiger partial charge in [-0.1, -0.05) is 34.1 Å². The fourth-order valence-electron chi connectivity index (χ4n) is 2.07. The first kappa shape index (κ1) is 12.9. The van der Waals surface area contributed by atoms with Crippen molar-refractivity contribution >= 4 is 0 Å². The molecule has 0 saturated carbocycles. The summed E-state index contributed by atoms with van der Waals surface area (Å²) in [5.74, 6) is 0.923. The van der Waals surface area contributed by atoms with Crippen molar-refractivity contribution in [2.45, 2.75) is 47.0 Å². The van der Waals surface area contributed by atoms with Crippen LogP contribution in [-0.4, -0.2) is 20.2 Å². The van der Waals surface area contributed by atoms with Crippen molar-refractivity contribution in [3.63, 3.8) is 0 Å². The normalized spacial score (nSPS) is 12.0. The largest absolute Gasteiger partial charge is 0.342 e. The maximum Gasteiger partial charge on any atom is 0.140 e. The van der Waals surface area contributed by atoms with E-state index in [1.807, 2.05) is 12.4 Å². The molecule has 0 saturated heterocycles. The zero-order valence-electron chi connectivity index (χ0n) is 11.7. The van der Waals surface area contributed by atoms with Gasteiger partial charge in [-0.2, -0.15) is 5.10 Å². The fourth-order valence-corrected chi connectivity index (χ4v) is 2.07. The van der Waals surface area contributed by atoms with Crippen LogP contribution in [0.15, 0.2) is 12.4 Å². The Balaban J connectivity index is 2.24. The highest BCUT2D eigenvalue weighted by Gasteiger charge is 2.17. The molecule has 4 heteroatoms. The van der Waals surface area contributed by atoms with Gasteiger partial charge in [0.25, 0.3) is 0 Å². The Labute approximate surface area is 108 Å². The second-order valence-corrected chi connectivity index (χ2v) is 6.01. The van der Waals surface area contributed by atoms with E-state index in [1.54, 1.807) is 0 Å². The quantitative estimate of drug-likeness (QED) is 0.869. The molecular formula is C14H22N4. The van der Waals surface area contributed by atoms with Gasteiger partial charge in [-0.3, -0.25) is 5.10 Å². The Morgan fingerprint density at radius 1 is 1.22 bits per heavy atom. The molecule has 2 rings (SSSR count). The van der Waals surface area contributed by atoms with Crippen molar-refractivity contribution in [1.82, 2.24) is 20.2 Å². The first-order chi connectivity index (χ1) is 8.49. The van der Waals surface area contributed by atoms with E-state index in [0.717, 1.165) is 36.3 Å². The highest BCUT2D eigenvalue weighted by Crippen LogP contribution is 2.26. The molecule has 0 bridgehead atoms. The van der Waals surface area contributed by atoms with Crippen molar-refractivity contribution in [1.29, 1.82) is 0 Å².